The first-order chi connectivity index (χ1) is 12.6. The van der Waals surface area contributed by atoms with Gasteiger partial charge in [0, 0.05) is 12.1 Å². The van der Waals surface area contributed by atoms with E-state index in [9.17, 15) is 9.59 Å². The zero-order valence-corrected chi connectivity index (χ0v) is 19.8. The lowest BCUT2D eigenvalue weighted by Crippen LogP contribution is -2.42. The van der Waals surface area contributed by atoms with Crippen molar-refractivity contribution < 1.29 is 19.1 Å². The van der Waals surface area contributed by atoms with Crippen LogP contribution in [0.4, 0.5) is 0 Å². The molecule has 0 aromatic heterocycles. The second-order valence-corrected chi connectivity index (χ2v) is 10.3. The van der Waals surface area contributed by atoms with Crippen molar-refractivity contribution in [3.63, 3.8) is 0 Å². The molecule has 0 aromatic rings. The van der Waals surface area contributed by atoms with Gasteiger partial charge >= 0.3 is 11.9 Å². The smallest absolute Gasteiger partial charge is 0.322 e. The van der Waals surface area contributed by atoms with Crippen molar-refractivity contribution in [1.29, 1.82) is 0 Å². The first kappa shape index (κ1) is 26.9. The van der Waals surface area contributed by atoms with E-state index >= 15 is 0 Å². The molecule has 0 rings (SSSR count). The Morgan fingerprint density at radius 1 is 0.786 bits per heavy atom. The molecule has 0 bridgehead atoms. The van der Waals surface area contributed by atoms with Crippen LogP contribution in [0.25, 0.3) is 0 Å². The van der Waals surface area contributed by atoms with Crippen molar-refractivity contribution in [2.24, 2.45) is 10.8 Å². The van der Waals surface area contributed by atoms with E-state index in [1.54, 1.807) is 0 Å². The minimum absolute atomic E-state index is 0.0371. The van der Waals surface area contributed by atoms with Crippen LogP contribution >= 0.6 is 0 Å². The highest BCUT2D eigenvalue weighted by atomic mass is 16.5. The Balaban J connectivity index is 4.28. The molecule has 0 aliphatic rings. The maximum atomic E-state index is 12.1. The lowest BCUT2D eigenvalue weighted by Gasteiger charge is -2.28. The van der Waals surface area contributed by atoms with Gasteiger partial charge in [0.05, 0.1) is 13.2 Å². The number of ether oxygens (including phenoxy) is 2. The summed E-state index contributed by atoms with van der Waals surface area (Å²) in [4.78, 5) is 24.2. The molecule has 0 fully saturated rings. The predicted octanol–water partition coefficient (Wildman–Crippen LogP) is 3.68. The number of rotatable bonds is 12. The molecule has 0 radical (unpaired) electrons. The standard InChI is InChI=1S/C22H44N2O4/c1-15(2)23-17(4)19(25)28-14-22(9,10)12-11-16(3)24-18(5)20(26)27-13-21(6,7)8/h15-18,23-24H,11-14H2,1-10H3/t16?,17-,18?/m1/s1. The topological polar surface area (TPSA) is 76.7 Å². The largest absolute Gasteiger partial charge is 0.464 e. The zero-order chi connectivity index (χ0) is 22.1. The highest BCUT2D eigenvalue weighted by Gasteiger charge is 2.25. The first-order valence-corrected chi connectivity index (χ1v) is 10.5. The second-order valence-electron chi connectivity index (χ2n) is 10.3. The Hall–Kier alpha value is -1.14. The van der Waals surface area contributed by atoms with Gasteiger partial charge in [-0.15, -0.1) is 0 Å². The summed E-state index contributed by atoms with van der Waals surface area (Å²) in [5.74, 6) is -0.440. The van der Waals surface area contributed by atoms with Crippen molar-refractivity contribution in [2.45, 2.75) is 106 Å². The predicted molar refractivity (Wildman–Crippen MR) is 114 cm³/mol. The molecule has 0 amide bonds. The molecular formula is C22H44N2O4. The Morgan fingerprint density at radius 2 is 1.25 bits per heavy atom. The van der Waals surface area contributed by atoms with Gasteiger partial charge in [0.1, 0.15) is 12.1 Å². The van der Waals surface area contributed by atoms with Crippen molar-refractivity contribution in [1.82, 2.24) is 10.6 Å². The third kappa shape index (κ3) is 13.1. The number of nitrogens with one attached hydrogen (secondary N) is 2. The number of esters is 2. The van der Waals surface area contributed by atoms with Gasteiger partial charge in [-0.05, 0) is 44.4 Å². The summed E-state index contributed by atoms with van der Waals surface area (Å²) in [5.41, 5.74) is -0.163. The van der Waals surface area contributed by atoms with E-state index in [-0.39, 0.29) is 46.9 Å². The summed E-state index contributed by atoms with van der Waals surface area (Å²) in [6, 6.07) is -0.258. The minimum atomic E-state index is -0.346. The maximum Gasteiger partial charge on any atom is 0.322 e. The molecule has 0 aromatic carbocycles. The normalized spacial score (nSPS) is 15.8. The molecule has 3 atom stereocenters. The fourth-order valence-electron chi connectivity index (χ4n) is 2.63. The highest BCUT2D eigenvalue weighted by Crippen LogP contribution is 2.24. The average Bonchev–Trinajstić information content (AvgIpc) is 2.54. The van der Waals surface area contributed by atoms with E-state index in [0.29, 0.717) is 13.2 Å². The molecule has 6 heteroatoms. The van der Waals surface area contributed by atoms with Crippen LogP contribution in [0.15, 0.2) is 0 Å². The molecule has 0 spiro atoms. The van der Waals surface area contributed by atoms with Crippen LogP contribution in [0.2, 0.25) is 0 Å². The van der Waals surface area contributed by atoms with Crippen molar-refractivity contribution in [3.8, 4) is 0 Å². The van der Waals surface area contributed by atoms with Crippen LogP contribution in [0.5, 0.6) is 0 Å². The summed E-state index contributed by atoms with van der Waals surface area (Å²) in [6.07, 6.45) is 1.76. The molecule has 0 aliphatic heterocycles. The van der Waals surface area contributed by atoms with Gasteiger partial charge in [-0.1, -0.05) is 48.5 Å². The third-order valence-electron chi connectivity index (χ3n) is 4.33. The van der Waals surface area contributed by atoms with Crippen LogP contribution in [0.1, 0.15) is 82.1 Å². The molecular weight excluding hydrogens is 356 g/mol. The molecule has 0 saturated heterocycles. The Labute approximate surface area is 172 Å². The van der Waals surface area contributed by atoms with Gasteiger partial charge in [0.2, 0.25) is 0 Å². The second kappa shape index (κ2) is 11.8. The lowest BCUT2D eigenvalue weighted by molar-refractivity contribution is -0.150. The van der Waals surface area contributed by atoms with Crippen LogP contribution in [-0.2, 0) is 19.1 Å². The lowest BCUT2D eigenvalue weighted by atomic mass is 9.87. The van der Waals surface area contributed by atoms with E-state index in [1.165, 1.54) is 0 Å². The van der Waals surface area contributed by atoms with Crippen LogP contribution in [-0.4, -0.2) is 49.3 Å². The van der Waals surface area contributed by atoms with E-state index < -0.39 is 0 Å². The van der Waals surface area contributed by atoms with E-state index in [4.69, 9.17) is 9.47 Å². The van der Waals surface area contributed by atoms with Gasteiger partial charge in [0.15, 0.2) is 0 Å². The summed E-state index contributed by atoms with van der Waals surface area (Å²) < 4.78 is 10.9. The fourth-order valence-corrected chi connectivity index (χ4v) is 2.63. The summed E-state index contributed by atoms with van der Waals surface area (Å²) in [6.45, 7) is 20.8. The maximum absolute atomic E-state index is 12.1. The molecule has 2 unspecified atom stereocenters. The van der Waals surface area contributed by atoms with Gasteiger partial charge in [0.25, 0.3) is 0 Å². The SMILES string of the molecule is CC(C)N[C@H](C)C(=O)OCC(C)(C)CCC(C)NC(C)C(=O)OCC(C)(C)C. The minimum Gasteiger partial charge on any atom is -0.464 e. The van der Waals surface area contributed by atoms with Gasteiger partial charge in [-0.25, -0.2) is 0 Å². The van der Waals surface area contributed by atoms with Crippen molar-refractivity contribution >= 4 is 11.9 Å². The highest BCUT2D eigenvalue weighted by molar-refractivity contribution is 5.75. The molecule has 28 heavy (non-hydrogen) atoms. The Morgan fingerprint density at radius 3 is 1.71 bits per heavy atom. The quantitative estimate of drug-likeness (QED) is 0.487. The summed E-state index contributed by atoms with van der Waals surface area (Å²) in [7, 11) is 0. The van der Waals surface area contributed by atoms with E-state index in [2.05, 4.69) is 31.4 Å². The van der Waals surface area contributed by atoms with E-state index in [1.807, 2.05) is 48.5 Å². The number of hydrogen-bond donors (Lipinski definition) is 2. The number of carbonyl (C=O) groups is 2. The van der Waals surface area contributed by atoms with Gasteiger partial charge < -0.3 is 20.1 Å². The number of carbonyl (C=O) groups excluding carboxylic acids is 2. The summed E-state index contributed by atoms with van der Waals surface area (Å²) in [5, 5.41) is 6.45. The van der Waals surface area contributed by atoms with Gasteiger partial charge in [-0.2, -0.15) is 0 Å². The van der Waals surface area contributed by atoms with Crippen molar-refractivity contribution in [3.05, 3.63) is 0 Å². The fraction of sp³-hybridized carbons (Fsp3) is 0.909. The molecule has 2 N–H and O–H groups in total. The van der Waals surface area contributed by atoms with Crippen LogP contribution in [0.3, 0.4) is 0 Å². The molecule has 0 saturated carbocycles. The molecule has 0 heterocycles. The van der Waals surface area contributed by atoms with Crippen LogP contribution in [0, 0.1) is 10.8 Å². The molecule has 6 nitrogen and oxygen atoms in total. The zero-order valence-electron chi connectivity index (χ0n) is 19.8. The summed E-state index contributed by atoms with van der Waals surface area (Å²) >= 11 is 0. The van der Waals surface area contributed by atoms with Crippen molar-refractivity contribution in [2.75, 3.05) is 13.2 Å². The molecule has 166 valence electrons. The number of hydrogen-bond acceptors (Lipinski definition) is 6. The first-order valence-electron chi connectivity index (χ1n) is 10.5. The Kier molecular flexibility index (Phi) is 11.3. The third-order valence-corrected chi connectivity index (χ3v) is 4.33. The monoisotopic (exact) mass is 400 g/mol. The van der Waals surface area contributed by atoms with Gasteiger partial charge in [-0.3, -0.25) is 9.59 Å². The molecule has 0 aliphatic carbocycles. The van der Waals surface area contributed by atoms with E-state index in [0.717, 1.165) is 12.8 Å². The average molecular weight is 401 g/mol. The van der Waals surface area contributed by atoms with Crippen LogP contribution < -0.4 is 10.6 Å². The Bertz CT molecular complexity index is 483.